The monoisotopic (exact) mass is 341 g/mol. The Labute approximate surface area is 122 Å². The van der Waals surface area contributed by atoms with Crippen molar-refractivity contribution < 1.29 is 31.1 Å². The Morgan fingerprint density at radius 1 is 1.29 bits per heavy atom. The molecule has 1 aliphatic rings. The van der Waals surface area contributed by atoms with Crippen molar-refractivity contribution in [2.24, 2.45) is 0 Å². The quantitative estimate of drug-likeness (QED) is 0.849. The number of aryl methyl sites for hydroxylation is 1. The van der Waals surface area contributed by atoms with E-state index < -0.39 is 33.0 Å². The number of hydrogen-bond donors (Lipinski definition) is 1. The Morgan fingerprint density at radius 2 is 1.86 bits per heavy atom. The largest absolute Gasteiger partial charge is 0.455 e. The molecule has 21 heavy (non-hydrogen) atoms. The van der Waals surface area contributed by atoms with Gasteiger partial charge in [0.15, 0.2) is 0 Å². The molecule has 1 heterocycles. The summed E-state index contributed by atoms with van der Waals surface area (Å²) in [7, 11) is -4.49. The predicted molar refractivity (Wildman–Crippen MR) is 68.8 cm³/mol. The molecule has 0 amide bonds. The van der Waals surface area contributed by atoms with E-state index in [4.69, 9.17) is 0 Å². The molecule has 1 aromatic carbocycles. The maximum absolute atomic E-state index is 13.1. The summed E-state index contributed by atoms with van der Waals surface area (Å²) in [5.41, 5.74) is 0.751. The lowest BCUT2D eigenvalue weighted by molar-refractivity contribution is -0.233. The summed E-state index contributed by atoms with van der Waals surface area (Å²) >= 11 is 0.0425. The number of carbonyl (C=O) groups is 1. The second kappa shape index (κ2) is 5.18. The van der Waals surface area contributed by atoms with Crippen molar-refractivity contribution in [3.63, 3.8) is 0 Å². The van der Waals surface area contributed by atoms with Crippen LogP contribution < -0.4 is 4.72 Å². The molecular weight excluding hydrogens is 331 g/mol. The molecule has 1 fully saturated rings. The Kier molecular flexibility index (Phi) is 3.98. The van der Waals surface area contributed by atoms with Crippen LogP contribution in [0.25, 0.3) is 0 Å². The van der Waals surface area contributed by atoms with Gasteiger partial charge in [-0.05, 0) is 19.1 Å². The van der Waals surface area contributed by atoms with Crippen LogP contribution in [0.3, 0.4) is 0 Å². The van der Waals surface area contributed by atoms with E-state index in [0.717, 1.165) is 5.56 Å². The van der Waals surface area contributed by atoms with Crippen molar-refractivity contribution in [2.75, 3.05) is 5.75 Å². The molecule has 0 radical (unpaired) electrons. The summed E-state index contributed by atoms with van der Waals surface area (Å²) in [5, 5.41) is -3.28. The molecule has 0 bridgehead atoms. The molecule has 0 aromatic heterocycles. The third-order valence-corrected chi connectivity index (χ3v) is 5.41. The van der Waals surface area contributed by atoms with E-state index in [9.17, 15) is 26.4 Å². The van der Waals surface area contributed by atoms with Gasteiger partial charge < -0.3 is 4.74 Å². The maximum Gasteiger partial charge on any atom is 0.455 e. The fourth-order valence-corrected chi connectivity index (χ4v) is 3.96. The number of esters is 1. The van der Waals surface area contributed by atoms with E-state index in [1.165, 1.54) is 29.0 Å². The molecular formula is C11H10F3NO4S2. The molecule has 1 aromatic rings. The van der Waals surface area contributed by atoms with Crippen molar-refractivity contribution >= 4 is 27.8 Å². The molecule has 1 atom stereocenters. The predicted octanol–water partition coefficient (Wildman–Crippen LogP) is 1.78. The normalized spacial score (nSPS) is 23.1. The van der Waals surface area contributed by atoms with Gasteiger partial charge >= 0.3 is 17.2 Å². The Bertz CT molecular complexity index is 657. The summed E-state index contributed by atoms with van der Waals surface area (Å²) in [6.45, 7) is 1.70. The average Bonchev–Trinajstić information content (AvgIpc) is 2.71. The highest BCUT2D eigenvalue weighted by Gasteiger charge is 2.64. The van der Waals surface area contributed by atoms with Crippen molar-refractivity contribution in [1.29, 1.82) is 0 Å². The number of cyclic esters (lactones) is 1. The van der Waals surface area contributed by atoms with Gasteiger partial charge in [0.2, 0.25) is 10.0 Å². The second-order valence-corrected chi connectivity index (χ2v) is 7.13. The van der Waals surface area contributed by atoms with Crippen molar-refractivity contribution in [2.45, 2.75) is 23.1 Å². The minimum atomic E-state index is -5.08. The first-order valence-corrected chi connectivity index (χ1v) is 8.06. The van der Waals surface area contributed by atoms with Crippen LogP contribution in [0, 0.1) is 6.92 Å². The van der Waals surface area contributed by atoms with E-state index in [-0.39, 0.29) is 16.7 Å². The molecule has 0 saturated carbocycles. The van der Waals surface area contributed by atoms with Crippen LogP contribution >= 0.6 is 11.8 Å². The number of sulfonamides is 1. The minimum absolute atomic E-state index is 0.0425. The Balaban J connectivity index is 2.37. The highest BCUT2D eigenvalue weighted by atomic mass is 32.2. The lowest BCUT2D eigenvalue weighted by atomic mass is 10.2. The van der Waals surface area contributed by atoms with Gasteiger partial charge in [-0.15, -0.1) is 0 Å². The van der Waals surface area contributed by atoms with Gasteiger partial charge in [-0.1, -0.05) is 29.5 Å². The molecule has 10 heteroatoms. The van der Waals surface area contributed by atoms with Crippen LogP contribution in [-0.4, -0.2) is 31.4 Å². The fourth-order valence-electron chi connectivity index (χ4n) is 1.58. The Morgan fingerprint density at radius 3 is 2.29 bits per heavy atom. The molecule has 1 unspecified atom stereocenters. The fraction of sp³-hybridized carbons (Fsp3) is 0.364. The van der Waals surface area contributed by atoms with Crippen LogP contribution in [0.1, 0.15) is 5.56 Å². The van der Waals surface area contributed by atoms with Crippen LogP contribution in [-0.2, 0) is 19.6 Å². The zero-order valence-corrected chi connectivity index (χ0v) is 12.2. The van der Waals surface area contributed by atoms with Gasteiger partial charge in [0.25, 0.3) is 0 Å². The van der Waals surface area contributed by atoms with Crippen molar-refractivity contribution in [1.82, 2.24) is 4.72 Å². The van der Waals surface area contributed by atoms with Gasteiger partial charge in [-0.3, -0.25) is 4.79 Å². The van der Waals surface area contributed by atoms with Gasteiger partial charge in [-0.25, -0.2) is 8.42 Å². The summed E-state index contributed by atoms with van der Waals surface area (Å²) < 4.78 is 69.0. The van der Waals surface area contributed by atoms with E-state index in [1.807, 2.05) is 0 Å². The molecule has 1 aliphatic heterocycles. The second-order valence-electron chi connectivity index (χ2n) is 4.30. The lowest BCUT2D eigenvalue weighted by Crippen LogP contribution is -2.56. The number of carbonyl (C=O) groups excluding carboxylic acids is 1. The van der Waals surface area contributed by atoms with Crippen LogP contribution in [0.15, 0.2) is 29.2 Å². The maximum atomic E-state index is 13.1. The third kappa shape index (κ3) is 3.16. The number of nitrogens with one attached hydrogen (secondary N) is 1. The van der Waals surface area contributed by atoms with Crippen molar-refractivity contribution in [3.05, 3.63) is 29.8 Å². The van der Waals surface area contributed by atoms with Gasteiger partial charge in [0.1, 0.15) is 0 Å². The number of rotatable bonds is 3. The highest BCUT2D eigenvalue weighted by Crippen LogP contribution is 2.45. The van der Waals surface area contributed by atoms with Gasteiger partial charge in [0.05, 0.1) is 10.6 Å². The number of alkyl halides is 3. The summed E-state index contributed by atoms with van der Waals surface area (Å²) in [4.78, 5) is 10.6. The van der Waals surface area contributed by atoms with E-state index in [1.54, 1.807) is 6.92 Å². The first kappa shape index (κ1) is 16.1. The Hall–Kier alpha value is -1.26. The van der Waals surface area contributed by atoms with E-state index in [2.05, 4.69) is 4.74 Å². The highest BCUT2D eigenvalue weighted by molar-refractivity contribution is 8.02. The average molecular weight is 341 g/mol. The van der Waals surface area contributed by atoms with E-state index >= 15 is 0 Å². The van der Waals surface area contributed by atoms with Crippen molar-refractivity contribution in [3.8, 4) is 0 Å². The summed E-state index contributed by atoms with van der Waals surface area (Å²) in [5.74, 6) is -1.72. The molecule has 0 aliphatic carbocycles. The first-order chi connectivity index (χ1) is 9.56. The molecule has 1 N–H and O–H groups in total. The smallest absolute Gasteiger partial charge is 0.423 e. The van der Waals surface area contributed by atoms with Gasteiger partial charge in [-0.2, -0.15) is 17.9 Å². The van der Waals surface area contributed by atoms with Crippen LogP contribution in [0.5, 0.6) is 0 Å². The molecule has 1 saturated heterocycles. The number of thioether (sulfide) groups is 1. The molecule has 2 rings (SSSR count). The SMILES string of the molecule is Cc1ccc(S(=O)(=O)NC2(C(F)(F)F)OC(=O)CS2)cc1. The lowest BCUT2D eigenvalue weighted by Gasteiger charge is -2.29. The molecule has 116 valence electrons. The zero-order chi connectivity index (χ0) is 15.9. The van der Waals surface area contributed by atoms with Gasteiger partial charge in [0, 0.05) is 0 Å². The first-order valence-electron chi connectivity index (χ1n) is 5.59. The number of halogens is 3. The summed E-state index contributed by atoms with van der Waals surface area (Å²) in [6, 6.07) is 5.23. The number of hydrogen-bond acceptors (Lipinski definition) is 5. The summed E-state index contributed by atoms with van der Waals surface area (Å²) in [6.07, 6.45) is -5.08. The number of benzene rings is 1. The van der Waals surface area contributed by atoms with Crippen LogP contribution in [0.4, 0.5) is 13.2 Å². The topological polar surface area (TPSA) is 72.5 Å². The minimum Gasteiger partial charge on any atom is -0.423 e. The van der Waals surface area contributed by atoms with Crippen LogP contribution in [0.2, 0.25) is 0 Å². The number of ether oxygens (including phenoxy) is 1. The molecule has 5 nitrogen and oxygen atoms in total. The third-order valence-electron chi connectivity index (χ3n) is 2.62. The standard InChI is InChI=1S/C11H10F3NO4S2/c1-7-2-4-8(5-3-7)21(17,18)15-11(10(12,13)14)19-9(16)6-20-11/h2-5,15H,6H2,1H3. The van der Waals surface area contributed by atoms with E-state index in [0.29, 0.717) is 0 Å². The molecule has 0 spiro atoms. The zero-order valence-electron chi connectivity index (χ0n) is 10.6.